The molecule has 0 radical (unpaired) electrons. The zero-order valence-corrected chi connectivity index (χ0v) is 10.2. The topological polar surface area (TPSA) is 58.4 Å². The number of hydrogen-bond donors (Lipinski definition) is 1. The van der Waals surface area contributed by atoms with E-state index in [9.17, 15) is 14.5 Å². The number of nitrogens with one attached hydrogen (secondary N) is 1. The van der Waals surface area contributed by atoms with Crippen LogP contribution in [0, 0.1) is 21.8 Å². The first-order chi connectivity index (χ1) is 8.54. The van der Waals surface area contributed by atoms with Crippen LogP contribution >= 0.6 is 0 Å². The molecule has 1 heterocycles. The number of nitrogens with zero attached hydrogens (tertiary/aromatic N) is 2. The molecule has 0 saturated carbocycles. The molecular formula is C12H16FN3O2. The van der Waals surface area contributed by atoms with Gasteiger partial charge in [0.1, 0.15) is 5.82 Å². The first kappa shape index (κ1) is 12.8. The molecule has 98 valence electrons. The molecule has 2 rings (SSSR count). The van der Waals surface area contributed by atoms with E-state index in [1.807, 2.05) is 0 Å². The summed E-state index contributed by atoms with van der Waals surface area (Å²) in [5.74, 6) is -0.0763. The third-order valence-electron chi connectivity index (χ3n) is 3.18. The minimum absolute atomic E-state index is 0.221. The Bertz CT molecular complexity index is 453. The SMILES string of the molecule is CN1CCC(CNc2cc(F)cc([N+](=O)[O-])c2)C1. The molecule has 0 aromatic heterocycles. The van der Waals surface area contributed by atoms with Gasteiger partial charge in [-0.25, -0.2) is 4.39 Å². The van der Waals surface area contributed by atoms with Gasteiger partial charge in [-0.15, -0.1) is 0 Å². The Balaban J connectivity index is 1.98. The summed E-state index contributed by atoms with van der Waals surface area (Å²) in [6, 6.07) is 3.57. The molecule has 5 nitrogen and oxygen atoms in total. The molecule has 1 saturated heterocycles. The fourth-order valence-corrected chi connectivity index (χ4v) is 2.24. The standard InChI is InChI=1S/C12H16FN3O2/c1-15-3-2-9(8-15)7-14-11-4-10(13)5-12(6-11)16(17)18/h4-6,9,14H,2-3,7-8H2,1H3. The molecule has 1 aromatic carbocycles. The lowest BCUT2D eigenvalue weighted by Crippen LogP contribution is -2.19. The maximum absolute atomic E-state index is 13.2. The van der Waals surface area contributed by atoms with Crippen LogP contribution in [0.25, 0.3) is 0 Å². The fourth-order valence-electron chi connectivity index (χ4n) is 2.24. The summed E-state index contributed by atoms with van der Waals surface area (Å²) in [6.45, 7) is 2.78. The lowest BCUT2D eigenvalue weighted by molar-refractivity contribution is -0.385. The van der Waals surface area contributed by atoms with Gasteiger partial charge in [-0.1, -0.05) is 0 Å². The van der Waals surface area contributed by atoms with Crippen LogP contribution in [0.2, 0.25) is 0 Å². The Morgan fingerprint density at radius 3 is 2.94 bits per heavy atom. The van der Waals surface area contributed by atoms with Gasteiger partial charge in [0, 0.05) is 24.8 Å². The van der Waals surface area contributed by atoms with Crippen molar-refractivity contribution in [3.8, 4) is 0 Å². The lowest BCUT2D eigenvalue weighted by atomic mass is 10.1. The van der Waals surface area contributed by atoms with Crippen molar-refractivity contribution >= 4 is 11.4 Å². The number of nitro groups is 1. The second-order valence-electron chi connectivity index (χ2n) is 4.75. The Kier molecular flexibility index (Phi) is 3.76. The van der Waals surface area contributed by atoms with Gasteiger partial charge in [0.15, 0.2) is 0 Å². The largest absolute Gasteiger partial charge is 0.384 e. The van der Waals surface area contributed by atoms with E-state index in [1.165, 1.54) is 12.1 Å². The Morgan fingerprint density at radius 2 is 2.33 bits per heavy atom. The van der Waals surface area contributed by atoms with E-state index in [2.05, 4.69) is 17.3 Å². The quantitative estimate of drug-likeness (QED) is 0.659. The Labute approximate surface area is 105 Å². The summed E-state index contributed by atoms with van der Waals surface area (Å²) in [5, 5.41) is 13.7. The van der Waals surface area contributed by atoms with Crippen LogP contribution in [0.1, 0.15) is 6.42 Å². The van der Waals surface area contributed by atoms with Crippen molar-refractivity contribution in [2.75, 3.05) is 32.0 Å². The van der Waals surface area contributed by atoms with Gasteiger partial charge in [-0.3, -0.25) is 10.1 Å². The van der Waals surface area contributed by atoms with E-state index in [4.69, 9.17) is 0 Å². The van der Waals surface area contributed by atoms with Gasteiger partial charge in [0.05, 0.1) is 11.0 Å². The molecular weight excluding hydrogens is 237 g/mol. The molecule has 0 bridgehead atoms. The van der Waals surface area contributed by atoms with Crippen molar-refractivity contribution in [3.63, 3.8) is 0 Å². The summed E-state index contributed by atoms with van der Waals surface area (Å²) in [6.07, 6.45) is 1.10. The van der Waals surface area contributed by atoms with Crippen LogP contribution in [-0.2, 0) is 0 Å². The Hall–Kier alpha value is -1.69. The van der Waals surface area contributed by atoms with Gasteiger partial charge in [-0.2, -0.15) is 0 Å². The lowest BCUT2D eigenvalue weighted by Gasteiger charge is -2.12. The number of nitro benzene ring substituents is 1. The van der Waals surface area contributed by atoms with Gasteiger partial charge in [0.25, 0.3) is 5.69 Å². The van der Waals surface area contributed by atoms with Crippen molar-refractivity contribution in [2.45, 2.75) is 6.42 Å². The first-order valence-electron chi connectivity index (χ1n) is 5.92. The average Bonchev–Trinajstić information content (AvgIpc) is 2.72. The van der Waals surface area contributed by atoms with Crippen LogP contribution < -0.4 is 5.32 Å². The molecule has 0 spiro atoms. The number of halogens is 1. The smallest absolute Gasteiger partial charge is 0.274 e. The monoisotopic (exact) mass is 253 g/mol. The maximum Gasteiger partial charge on any atom is 0.274 e. The fraction of sp³-hybridized carbons (Fsp3) is 0.500. The minimum Gasteiger partial charge on any atom is -0.384 e. The van der Waals surface area contributed by atoms with E-state index < -0.39 is 10.7 Å². The molecule has 0 aliphatic carbocycles. The summed E-state index contributed by atoms with van der Waals surface area (Å²) in [7, 11) is 2.06. The molecule has 18 heavy (non-hydrogen) atoms. The van der Waals surface area contributed by atoms with Crippen LogP contribution in [0.5, 0.6) is 0 Å². The van der Waals surface area contributed by atoms with E-state index in [1.54, 1.807) is 0 Å². The highest BCUT2D eigenvalue weighted by Gasteiger charge is 2.19. The molecule has 1 aliphatic rings. The van der Waals surface area contributed by atoms with Gasteiger partial charge in [0.2, 0.25) is 0 Å². The minimum atomic E-state index is -0.588. The second kappa shape index (κ2) is 5.30. The number of non-ortho nitro benzene ring substituents is 1. The van der Waals surface area contributed by atoms with E-state index >= 15 is 0 Å². The van der Waals surface area contributed by atoms with E-state index in [-0.39, 0.29) is 5.69 Å². The Morgan fingerprint density at radius 1 is 1.56 bits per heavy atom. The van der Waals surface area contributed by atoms with Crippen LogP contribution in [0.4, 0.5) is 15.8 Å². The van der Waals surface area contributed by atoms with Crippen molar-refractivity contribution < 1.29 is 9.31 Å². The number of likely N-dealkylation sites (tertiary alicyclic amines) is 1. The van der Waals surface area contributed by atoms with Crippen LogP contribution in [0.15, 0.2) is 18.2 Å². The summed E-state index contributed by atoms with van der Waals surface area (Å²) < 4.78 is 13.2. The highest BCUT2D eigenvalue weighted by molar-refractivity contribution is 5.51. The average molecular weight is 253 g/mol. The van der Waals surface area contributed by atoms with Crippen molar-refractivity contribution in [2.24, 2.45) is 5.92 Å². The van der Waals surface area contributed by atoms with Gasteiger partial charge in [-0.05, 0) is 32.0 Å². The second-order valence-corrected chi connectivity index (χ2v) is 4.75. The van der Waals surface area contributed by atoms with Crippen molar-refractivity contribution in [1.29, 1.82) is 0 Å². The molecule has 1 aromatic rings. The summed E-state index contributed by atoms with van der Waals surface area (Å²) >= 11 is 0. The van der Waals surface area contributed by atoms with E-state index in [0.29, 0.717) is 18.2 Å². The van der Waals surface area contributed by atoms with Crippen molar-refractivity contribution in [1.82, 2.24) is 4.90 Å². The third-order valence-corrected chi connectivity index (χ3v) is 3.18. The van der Waals surface area contributed by atoms with Crippen LogP contribution in [0.3, 0.4) is 0 Å². The number of anilines is 1. The highest BCUT2D eigenvalue weighted by atomic mass is 19.1. The number of rotatable bonds is 4. The van der Waals surface area contributed by atoms with Gasteiger partial charge < -0.3 is 10.2 Å². The molecule has 1 unspecified atom stereocenters. The molecule has 6 heteroatoms. The first-order valence-corrected chi connectivity index (χ1v) is 5.92. The predicted molar refractivity (Wildman–Crippen MR) is 67.1 cm³/mol. The summed E-state index contributed by atoms with van der Waals surface area (Å²) in [4.78, 5) is 12.3. The number of benzene rings is 1. The predicted octanol–water partition coefficient (Wildman–Crippen LogP) is 2.10. The molecule has 0 amide bonds. The van der Waals surface area contributed by atoms with Crippen molar-refractivity contribution in [3.05, 3.63) is 34.1 Å². The zero-order chi connectivity index (χ0) is 13.1. The highest BCUT2D eigenvalue weighted by Crippen LogP contribution is 2.21. The zero-order valence-electron chi connectivity index (χ0n) is 10.2. The van der Waals surface area contributed by atoms with Crippen LogP contribution in [-0.4, -0.2) is 36.5 Å². The molecule has 1 atom stereocenters. The normalized spacial score (nSPS) is 20.0. The number of hydrogen-bond acceptors (Lipinski definition) is 4. The molecule has 1 aliphatic heterocycles. The molecule has 1 fully saturated rings. The van der Waals surface area contributed by atoms with E-state index in [0.717, 1.165) is 25.6 Å². The third kappa shape index (κ3) is 3.16. The van der Waals surface area contributed by atoms with Gasteiger partial charge >= 0.3 is 0 Å². The summed E-state index contributed by atoms with van der Waals surface area (Å²) in [5.41, 5.74) is 0.247. The molecule has 1 N–H and O–H groups in total. The maximum atomic E-state index is 13.2.